The van der Waals surface area contributed by atoms with E-state index in [9.17, 15) is 18.0 Å². The quantitative estimate of drug-likeness (QED) is 0.707. The highest BCUT2D eigenvalue weighted by atomic mass is 32.1. The summed E-state index contributed by atoms with van der Waals surface area (Å²) in [6.45, 7) is 0. The summed E-state index contributed by atoms with van der Waals surface area (Å²) in [7, 11) is 1.56. The normalized spacial score (nSPS) is 11.4. The van der Waals surface area contributed by atoms with Crippen LogP contribution in [0.2, 0.25) is 0 Å². The van der Waals surface area contributed by atoms with Crippen LogP contribution in [0.5, 0.6) is 0 Å². The van der Waals surface area contributed by atoms with Crippen LogP contribution in [0, 0.1) is 0 Å². The third-order valence-corrected chi connectivity index (χ3v) is 4.22. The van der Waals surface area contributed by atoms with Gasteiger partial charge in [0.05, 0.1) is 23.7 Å². The van der Waals surface area contributed by atoms with Gasteiger partial charge in [0.15, 0.2) is 5.13 Å². The maximum Gasteiger partial charge on any atom is 0.416 e. The molecule has 0 aliphatic carbocycles. The number of alkyl halides is 3. The van der Waals surface area contributed by atoms with Gasteiger partial charge < -0.3 is 0 Å². The molecule has 2 heterocycles. The van der Waals surface area contributed by atoms with Crippen LogP contribution in [0.4, 0.5) is 18.3 Å². The fourth-order valence-electron chi connectivity index (χ4n) is 2.08. The summed E-state index contributed by atoms with van der Waals surface area (Å²) in [5, 5.41) is 2.25. The maximum atomic E-state index is 12.6. The maximum absolute atomic E-state index is 12.6. The Bertz CT molecular complexity index is 879. The molecule has 25 heavy (non-hydrogen) atoms. The molecule has 128 valence electrons. The fraction of sp³-hybridized carbons (Fsp3) is 0.125. The predicted molar refractivity (Wildman–Crippen MR) is 87.3 cm³/mol. The molecule has 0 spiro atoms. The zero-order valence-electron chi connectivity index (χ0n) is 12.9. The molecule has 0 saturated carbocycles. The van der Waals surface area contributed by atoms with Crippen LogP contribution in [0.3, 0.4) is 0 Å². The Labute approximate surface area is 144 Å². The molecule has 0 aliphatic rings. The Balaban J connectivity index is 1.88. The van der Waals surface area contributed by atoms with Crippen molar-refractivity contribution in [2.24, 2.45) is 0 Å². The predicted octanol–water partition coefficient (Wildman–Crippen LogP) is 3.90. The Hall–Kier alpha value is -2.81. The first-order valence-corrected chi connectivity index (χ1v) is 7.91. The lowest BCUT2D eigenvalue weighted by Gasteiger charge is -2.13. The highest BCUT2D eigenvalue weighted by Crippen LogP contribution is 2.30. The van der Waals surface area contributed by atoms with Crippen LogP contribution in [0.15, 0.2) is 48.2 Å². The first-order chi connectivity index (χ1) is 11.9. The highest BCUT2D eigenvalue weighted by Gasteiger charge is 2.30. The van der Waals surface area contributed by atoms with Gasteiger partial charge in [-0.05, 0) is 12.1 Å². The minimum atomic E-state index is -4.40. The van der Waals surface area contributed by atoms with E-state index in [2.05, 4.69) is 15.0 Å². The lowest BCUT2D eigenvalue weighted by molar-refractivity contribution is -0.137. The Morgan fingerprint density at radius 3 is 2.48 bits per heavy atom. The molecular formula is C16H11F3N4OS. The second-order valence-electron chi connectivity index (χ2n) is 5.04. The van der Waals surface area contributed by atoms with Crippen LogP contribution in [-0.2, 0) is 6.18 Å². The molecule has 0 atom stereocenters. The molecule has 0 bridgehead atoms. The second-order valence-corrected chi connectivity index (χ2v) is 5.92. The van der Waals surface area contributed by atoms with Crippen LogP contribution >= 0.6 is 11.3 Å². The van der Waals surface area contributed by atoms with Crippen molar-refractivity contribution in [3.8, 4) is 11.3 Å². The average Bonchev–Trinajstić information content (AvgIpc) is 3.14. The highest BCUT2D eigenvalue weighted by molar-refractivity contribution is 7.13. The van der Waals surface area contributed by atoms with Crippen molar-refractivity contribution in [1.29, 1.82) is 0 Å². The summed E-state index contributed by atoms with van der Waals surface area (Å²) in [6, 6.07) is 4.53. The molecule has 0 saturated heterocycles. The van der Waals surface area contributed by atoms with Gasteiger partial charge in [-0.25, -0.2) is 9.97 Å². The van der Waals surface area contributed by atoms with Gasteiger partial charge in [0.2, 0.25) is 0 Å². The number of nitrogens with zero attached hydrogens (tertiary/aromatic N) is 4. The van der Waals surface area contributed by atoms with Crippen LogP contribution in [-0.4, -0.2) is 27.9 Å². The number of carbonyl (C=O) groups excluding carboxylic acids is 1. The van der Waals surface area contributed by atoms with Gasteiger partial charge in [-0.15, -0.1) is 11.3 Å². The molecule has 1 amide bonds. The lowest BCUT2D eigenvalue weighted by atomic mass is 10.1. The number of halogens is 3. The van der Waals surface area contributed by atoms with Crippen molar-refractivity contribution in [3.05, 3.63) is 59.5 Å². The van der Waals surface area contributed by atoms with Gasteiger partial charge in [-0.1, -0.05) is 12.1 Å². The summed E-state index contributed by atoms with van der Waals surface area (Å²) in [4.78, 5) is 26.0. The largest absolute Gasteiger partial charge is 0.416 e. The molecule has 0 aliphatic heterocycles. The standard InChI is InChI=1S/C16H11F3N4OS/c1-23(15-21-6-7-25-15)14(24)13-9-20-8-12(22-13)10-2-4-11(5-3-10)16(17,18)19/h2-9H,1H3. The molecule has 2 aromatic heterocycles. The first-order valence-electron chi connectivity index (χ1n) is 7.03. The van der Waals surface area contributed by atoms with Gasteiger partial charge in [0, 0.05) is 24.2 Å². The molecule has 0 N–H and O–H groups in total. The number of anilines is 1. The van der Waals surface area contributed by atoms with Crippen molar-refractivity contribution in [2.75, 3.05) is 11.9 Å². The van der Waals surface area contributed by atoms with E-state index in [1.807, 2.05) is 0 Å². The summed E-state index contributed by atoms with van der Waals surface area (Å²) in [5.41, 5.74) is 0.0780. The zero-order chi connectivity index (χ0) is 18.0. The van der Waals surface area contributed by atoms with E-state index in [1.54, 1.807) is 18.6 Å². The van der Waals surface area contributed by atoms with E-state index in [-0.39, 0.29) is 5.69 Å². The van der Waals surface area contributed by atoms with Crippen LogP contribution in [0.1, 0.15) is 16.1 Å². The number of benzene rings is 1. The van der Waals surface area contributed by atoms with Crippen molar-refractivity contribution in [2.45, 2.75) is 6.18 Å². The van der Waals surface area contributed by atoms with Gasteiger partial charge in [-0.3, -0.25) is 14.7 Å². The number of rotatable bonds is 3. The first kappa shape index (κ1) is 17.0. The Morgan fingerprint density at radius 1 is 1.16 bits per heavy atom. The molecule has 0 radical (unpaired) electrons. The number of amides is 1. The molecule has 0 fully saturated rings. The number of aromatic nitrogens is 3. The zero-order valence-corrected chi connectivity index (χ0v) is 13.7. The SMILES string of the molecule is CN(C(=O)c1cncc(-c2ccc(C(F)(F)F)cc2)n1)c1nccs1. The van der Waals surface area contributed by atoms with E-state index < -0.39 is 17.6 Å². The fourth-order valence-corrected chi connectivity index (χ4v) is 2.68. The number of hydrogen-bond donors (Lipinski definition) is 0. The van der Waals surface area contributed by atoms with Crippen LogP contribution in [0.25, 0.3) is 11.3 Å². The summed E-state index contributed by atoms with van der Waals surface area (Å²) in [5.74, 6) is -0.406. The summed E-state index contributed by atoms with van der Waals surface area (Å²) in [6.07, 6.45) is -0.130. The number of thiazole rings is 1. The third kappa shape index (κ3) is 3.66. The van der Waals surface area contributed by atoms with Gasteiger partial charge >= 0.3 is 6.18 Å². The minimum absolute atomic E-state index is 0.0788. The van der Waals surface area contributed by atoms with Crippen molar-refractivity contribution < 1.29 is 18.0 Å². The van der Waals surface area contributed by atoms with Gasteiger partial charge in [0.1, 0.15) is 5.69 Å². The number of carbonyl (C=O) groups is 1. The Kier molecular flexibility index (Phi) is 4.49. The molecule has 9 heteroatoms. The molecule has 5 nitrogen and oxygen atoms in total. The lowest BCUT2D eigenvalue weighted by Crippen LogP contribution is -2.27. The van der Waals surface area contributed by atoms with Crippen molar-refractivity contribution in [3.63, 3.8) is 0 Å². The molecule has 3 aromatic rings. The van der Waals surface area contributed by atoms with E-state index >= 15 is 0 Å². The Morgan fingerprint density at radius 2 is 1.88 bits per heavy atom. The minimum Gasteiger partial charge on any atom is -0.286 e. The van der Waals surface area contributed by atoms with Crippen molar-refractivity contribution >= 4 is 22.4 Å². The monoisotopic (exact) mass is 364 g/mol. The van der Waals surface area contributed by atoms with Gasteiger partial charge in [-0.2, -0.15) is 13.2 Å². The molecule has 0 unspecified atom stereocenters. The second kappa shape index (κ2) is 6.60. The van der Waals surface area contributed by atoms with Crippen LogP contribution < -0.4 is 4.90 Å². The molecular weight excluding hydrogens is 353 g/mol. The van der Waals surface area contributed by atoms with Crippen molar-refractivity contribution in [1.82, 2.24) is 15.0 Å². The average molecular weight is 364 g/mol. The summed E-state index contributed by atoms with van der Waals surface area (Å²) >= 11 is 1.30. The van der Waals surface area contributed by atoms with E-state index in [0.717, 1.165) is 12.1 Å². The van der Waals surface area contributed by atoms with E-state index in [4.69, 9.17) is 0 Å². The summed E-state index contributed by atoms with van der Waals surface area (Å²) < 4.78 is 37.9. The topological polar surface area (TPSA) is 59.0 Å². The van der Waals surface area contributed by atoms with E-state index in [0.29, 0.717) is 16.4 Å². The third-order valence-electron chi connectivity index (χ3n) is 3.37. The smallest absolute Gasteiger partial charge is 0.286 e. The number of hydrogen-bond acceptors (Lipinski definition) is 5. The molecule has 1 aromatic carbocycles. The van der Waals surface area contributed by atoms with E-state index in [1.165, 1.54) is 40.8 Å². The van der Waals surface area contributed by atoms with Gasteiger partial charge in [0.25, 0.3) is 5.91 Å². The molecule has 3 rings (SSSR count).